The molecule has 0 atom stereocenters. The summed E-state index contributed by atoms with van der Waals surface area (Å²) >= 11 is 1.53. The number of anilines is 1. The van der Waals surface area contributed by atoms with Crippen LogP contribution < -0.4 is 5.32 Å². The first kappa shape index (κ1) is 20.4. The molecular weight excluding hydrogens is 368 g/mol. The normalized spacial score (nSPS) is 10.3. The lowest BCUT2D eigenvalue weighted by Gasteiger charge is -2.09. The summed E-state index contributed by atoms with van der Waals surface area (Å²) in [5.41, 5.74) is 1.62. The average molecular weight is 388 g/mol. The van der Waals surface area contributed by atoms with Gasteiger partial charge in [0.05, 0.1) is 11.3 Å². The van der Waals surface area contributed by atoms with Crippen LogP contribution in [0.2, 0.25) is 0 Å². The molecule has 0 aliphatic heterocycles. The summed E-state index contributed by atoms with van der Waals surface area (Å²) in [6.07, 6.45) is 0.163. The van der Waals surface area contributed by atoms with Crippen molar-refractivity contribution in [2.45, 2.75) is 25.2 Å². The van der Waals surface area contributed by atoms with E-state index in [0.717, 1.165) is 4.90 Å². The second-order valence-corrected chi connectivity index (χ2v) is 7.01. The maximum Gasteiger partial charge on any atom is 0.307 e. The molecule has 27 heavy (non-hydrogen) atoms. The fourth-order valence-electron chi connectivity index (χ4n) is 2.25. The highest BCUT2D eigenvalue weighted by atomic mass is 32.2. The zero-order valence-corrected chi connectivity index (χ0v) is 15.9. The molecule has 0 spiro atoms. The van der Waals surface area contributed by atoms with Crippen LogP contribution in [0.4, 0.5) is 11.4 Å². The predicted octanol–water partition coefficient (Wildman–Crippen LogP) is 3.88. The summed E-state index contributed by atoms with van der Waals surface area (Å²) in [5, 5.41) is 13.5. The molecule has 7 nitrogen and oxygen atoms in total. The van der Waals surface area contributed by atoms with Gasteiger partial charge in [-0.1, -0.05) is 29.8 Å². The van der Waals surface area contributed by atoms with Crippen molar-refractivity contribution in [2.75, 3.05) is 17.7 Å². The van der Waals surface area contributed by atoms with E-state index in [1.54, 1.807) is 13.0 Å². The van der Waals surface area contributed by atoms with Gasteiger partial charge < -0.3 is 10.1 Å². The van der Waals surface area contributed by atoms with Gasteiger partial charge in [-0.05, 0) is 31.5 Å². The monoisotopic (exact) mass is 388 g/mol. The maximum absolute atomic E-state index is 12.0. The number of benzene rings is 2. The van der Waals surface area contributed by atoms with Gasteiger partial charge in [0.2, 0.25) is 0 Å². The van der Waals surface area contributed by atoms with Crippen LogP contribution in [-0.4, -0.2) is 29.2 Å². The van der Waals surface area contributed by atoms with E-state index < -0.39 is 23.4 Å². The molecule has 0 fully saturated rings. The number of hydrogen-bond donors (Lipinski definition) is 1. The van der Waals surface area contributed by atoms with E-state index >= 15 is 0 Å². The van der Waals surface area contributed by atoms with Crippen LogP contribution in [0.15, 0.2) is 47.4 Å². The second kappa shape index (κ2) is 9.72. The number of aryl methyl sites for hydroxylation is 2. The SMILES string of the molecule is Cc1ccc(SCCC(=O)OCC(=O)Nc2c(C)cccc2[N+](=O)[O-])cc1. The number of nitro benzene ring substituents is 1. The number of nitrogens with one attached hydrogen (secondary N) is 1. The van der Waals surface area contributed by atoms with Crippen LogP contribution >= 0.6 is 11.8 Å². The summed E-state index contributed by atoms with van der Waals surface area (Å²) < 4.78 is 4.94. The molecule has 2 aromatic carbocycles. The van der Waals surface area contributed by atoms with Crippen molar-refractivity contribution in [2.24, 2.45) is 0 Å². The number of esters is 1. The first-order valence-electron chi connectivity index (χ1n) is 8.26. The van der Waals surface area contributed by atoms with Gasteiger partial charge in [-0.3, -0.25) is 19.7 Å². The minimum Gasteiger partial charge on any atom is -0.456 e. The fraction of sp³-hybridized carbons (Fsp3) is 0.263. The van der Waals surface area contributed by atoms with Gasteiger partial charge >= 0.3 is 5.97 Å². The summed E-state index contributed by atoms with van der Waals surface area (Å²) in [4.78, 5) is 35.2. The van der Waals surface area contributed by atoms with E-state index in [1.165, 1.54) is 29.5 Å². The molecule has 2 rings (SSSR count). The summed E-state index contributed by atoms with van der Waals surface area (Å²) in [6, 6.07) is 12.4. The van der Waals surface area contributed by atoms with Gasteiger partial charge in [0.25, 0.3) is 11.6 Å². The fourth-order valence-corrected chi connectivity index (χ4v) is 3.08. The first-order chi connectivity index (χ1) is 12.9. The van der Waals surface area contributed by atoms with Crippen molar-refractivity contribution < 1.29 is 19.2 Å². The Labute approximate surface area is 161 Å². The van der Waals surface area contributed by atoms with E-state index in [0.29, 0.717) is 11.3 Å². The zero-order chi connectivity index (χ0) is 19.8. The van der Waals surface area contributed by atoms with Crippen molar-refractivity contribution in [1.29, 1.82) is 0 Å². The van der Waals surface area contributed by atoms with Gasteiger partial charge in [0.15, 0.2) is 6.61 Å². The Kier molecular flexibility index (Phi) is 7.36. The smallest absolute Gasteiger partial charge is 0.307 e. The summed E-state index contributed by atoms with van der Waals surface area (Å²) in [5.74, 6) is -0.580. The molecule has 142 valence electrons. The maximum atomic E-state index is 12.0. The van der Waals surface area contributed by atoms with Crippen molar-refractivity contribution in [1.82, 2.24) is 0 Å². The van der Waals surface area contributed by atoms with Gasteiger partial charge in [-0.2, -0.15) is 0 Å². The molecule has 0 saturated heterocycles. The van der Waals surface area contributed by atoms with E-state index in [2.05, 4.69) is 5.32 Å². The Morgan fingerprint density at radius 1 is 1.15 bits per heavy atom. The summed E-state index contributed by atoms with van der Waals surface area (Å²) in [6.45, 7) is 3.17. The van der Waals surface area contributed by atoms with Crippen LogP contribution in [-0.2, 0) is 14.3 Å². The lowest BCUT2D eigenvalue weighted by molar-refractivity contribution is -0.384. The number of carbonyl (C=O) groups excluding carboxylic acids is 2. The number of carbonyl (C=O) groups is 2. The van der Waals surface area contributed by atoms with Gasteiger partial charge in [-0.25, -0.2) is 0 Å². The number of rotatable bonds is 8. The zero-order valence-electron chi connectivity index (χ0n) is 15.1. The van der Waals surface area contributed by atoms with Crippen molar-refractivity contribution in [3.63, 3.8) is 0 Å². The van der Waals surface area contributed by atoms with E-state index in [1.807, 2.05) is 31.2 Å². The van der Waals surface area contributed by atoms with Crippen molar-refractivity contribution in [3.8, 4) is 0 Å². The summed E-state index contributed by atoms with van der Waals surface area (Å²) in [7, 11) is 0. The van der Waals surface area contributed by atoms with E-state index in [4.69, 9.17) is 4.74 Å². The Bertz CT molecular complexity index is 836. The third kappa shape index (κ3) is 6.41. The number of ether oxygens (including phenoxy) is 1. The van der Waals surface area contributed by atoms with Gasteiger partial charge in [0, 0.05) is 16.7 Å². The molecule has 0 aliphatic carbocycles. The molecular formula is C19H20N2O5S. The van der Waals surface area contributed by atoms with Crippen LogP contribution in [0, 0.1) is 24.0 Å². The third-order valence-electron chi connectivity index (χ3n) is 3.67. The molecule has 0 bridgehead atoms. The minimum atomic E-state index is -0.619. The first-order valence-corrected chi connectivity index (χ1v) is 9.24. The van der Waals surface area contributed by atoms with Crippen LogP contribution in [0.25, 0.3) is 0 Å². The van der Waals surface area contributed by atoms with Crippen molar-refractivity contribution in [3.05, 3.63) is 63.7 Å². The lowest BCUT2D eigenvalue weighted by Crippen LogP contribution is -2.22. The second-order valence-electron chi connectivity index (χ2n) is 5.85. The van der Waals surface area contributed by atoms with E-state index in [-0.39, 0.29) is 17.8 Å². The quantitative estimate of drug-likeness (QED) is 0.319. The number of nitro groups is 1. The highest BCUT2D eigenvalue weighted by Crippen LogP contribution is 2.27. The Hall–Kier alpha value is -2.87. The highest BCUT2D eigenvalue weighted by molar-refractivity contribution is 7.99. The Balaban J connectivity index is 1.77. The average Bonchev–Trinajstić information content (AvgIpc) is 2.63. The molecule has 0 aliphatic rings. The topological polar surface area (TPSA) is 98.5 Å². The third-order valence-corrected chi connectivity index (χ3v) is 4.69. The number of thioether (sulfide) groups is 1. The van der Waals surface area contributed by atoms with Crippen LogP contribution in [0.1, 0.15) is 17.5 Å². The molecule has 1 N–H and O–H groups in total. The molecule has 0 saturated carbocycles. The largest absolute Gasteiger partial charge is 0.456 e. The molecule has 2 aromatic rings. The minimum absolute atomic E-state index is 0.110. The molecule has 8 heteroatoms. The molecule has 0 heterocycles. The molecule has 1 amide bonds. The number of para-hydroxylation sites is 1. The molecule has 0 aromatic heterocycles. The number of nitrogens with zero attached hydrogens (tertiary/aromatic N) is 1. The van der Waals surface area contributed by atoms with Crippen LogP contribution in [0.5, 0.6) is 0 Å². The highest BCUT2D eigenvalue weighted by Gasteiger charge is 2.18. The van der Waals surface area contributed by atoms with Crippen molar-refractivity contribution >= 4 is 35.0 Å². The van der Waals surface area contributed by atoms with Crippen LogP contribution in [0.3, 0.4) is 0 Å². The standard InChI is InChI=1S/C19H20N2O5S/c1-13-6-8-15(9-7-13)27-11-10-18(23)26-12-17(22)20-19-14(2)4-3-5-16(19)21(24)25/h3-9H,10-12H2,1-2H3,(H,20,22). The number of amides is 1. The predicted molar refractivity (Wildman–Crippen MR) is 104 cm³/mol. The van der Waals surface area contributed by atoms with E-state index in [9.17, 15) is 19.7 Å². The molecule has 0 unspecified atom stereocenters. The van der Waals surface area contributed by atoms with Gasteiger partial charge in [-0.15, -0.1) is 11.8 Å². The van der Waals surface area contributed by atoms with Gasteiger partial charge in [0.1, 0.15) is 5.69 Å². The Morgan fingerprint density at radius 2 is 1.85 bits per heavy atom. The lowest BCUT2D eigenvalue weighted by atomic mass is 10.1. The number of hydrogen-bond acceptors (Lipinski definition) is 6. The molecule has 0 radical (unpaired) electrons. The Morgan fingerprint density at radius 3 is 2.52 bits per heavy atom.